The average molecular weight is 335 g/mol. The zero-order chi connectivity index (χ0) is 17.0. The van der Waals surface area contributed by atoms with Gasteiger partial charge in [-0.1, -0.05) is 0 Å². The number of guanidine groups is 1. The first-order valence-corrected chi connectivity index (χ1v) is 8.70. The number of nitrogens with zero attached hydrogens (tertiary/aromatic N) is 4. The predicted octanol–water partition coefficient (Wildman–Crippen LogP) is 1.19. The quantitative estimate of drug-likeness (QED) is 0.625. The summed E-state index contributed by atoms with van der Waals surface area (Å²) in [5.41, 5.74) is 1.53. The maximum absolute atomic E-state index is 5.92. The summed E-state index contributed by atoms with van der Waals surface area (Å²) in [5, 5.41) is 7.82. The van der Waals surface area contributed by atoms with Gasteiger partial charge in [0.2, 0.25) is 0 Å². The van der Waals surface area contributed by atoms with Gasteiger partial charge in [0.05, 0.1) is 19.3 Å². The van der Waals surface area contributed by atoms with Crippen molar-refractivity contribution in [1.29, 1.82) is 0 Å². The Morgan fingerprint density at radius 1 is 1.54 bits per heavy atom. The standard InChI is InChI=1S/C17H29N5O2/c1-18-16(19-13-17(4-5-17)6-8-23-3)22-7-9-24-15(12-22)14-10-20-21(2)11-14/h10-11,15H,4-9,12-13H2,1-3H3,(H,18,19). The maximum Gasteiger partial charge on any atom is 0.193 e. The van der Waals surface area contributed by atoms with E-state index in [-0.39, 0.29) is 6.10 Å². The average Bonchev–Trinajstić information content (AvgIpc) is 3.25. The zero-order valence-corrected chi connectivity index (χ0v) is 15.0. The Labute approximate surface area is 144 Å². The van der Waals surface area contributed by atoms with E-state index in [1.165, 1.54) is 12.8 Å². The van der Waals surface area contributed by atoms with Crippen LogP contribution in [0, 0.1) is 5.41 Å². The Balaban J connectivity index is 1.55. The lowest BCUT2D eigenvalue weighted by Crippen LogP contribution is -2.49. The van der Waals surface area contributed by atoms with Crippen LogP contribution >= 0.6 is 0 Å². The van der Waals surface area contributed by atoms with Crippen LogP contribution < -0.4 is 5.32 Å². The Hall–Kier alpha value is -1.60. The van der Waals surface area contributed by atoms with Gasteiger partial charge < -0.3 is 19.7 Å². The number of hydrogen-bond donors (Lipinski definition) is 1. The van der Waals surface area contributed by atoms with Gasteiger partial charge in [-0.05, 0) is 24.7 Å². The molecule has 2 heterocycles. The fraction of sp³-hybridized carbons (Fsp3) is 0.765. The second kappa shape index (κ2) is 7.53. The molecule has 1 unspecified atom stereocenters. The summed E-state index contributed by atoms with van der Waals surface area (Å²) in [4.78, 5) is 6.77. The summed E-state index contributed by atoms with van der Waals surface area (Å²) in [7, 11) is 5.56. The fourth-order valence-electron chi connectivity index (χ4n) is 3.26. The molecule has 0 radical (unpaired) electrons. The topological polar surface area (TPSA) is 63.9 Å². The molecular formula is C17H29N5O2. The second-order valence-electron chi connectivity index (χ2n) is 6.90. The number of methoxy groups -OCH3 is 1. The van der Waals surface area contributed by atoms with Crippen molar-refractivity contribution in [3.63, 3.8) is 0 Å². The molecule has 0 spiro atoms. The van der Waals surface area contributed by atoms with Crippen molar-refractivity contribution in [3.05, 3.63) is 18.0 Å². The molecule has 1 aliphatic heterocycles. The summed E-state index contributed by atoms with van der Waals surface area (Å²) in [6, 6.07) is 0. The minimum absolute atomic E-state index is 0.0503. The minimum atomic E-state index is 0.0503. The van der Waals surface area contributed by atoms with E-state index >= 15 is 0 Å². The van der Waals surface area contributed by atoms with Crippen LogP contribution in [0.4, 0.5) is 0 Å². The molecule has 2 aliphatic rings. The van der Waals surface area contributed by atoms with Gasteiger partial charge in [0, 0.05) is 52.7 Å². The first-order chi connectivity index (χ1) is 11.7. The molecule has 1 aromatic rings. The lowest BCUT2D eigenvalue weighted by Gasteiger charge is -2.35. The molecule has 1 aromatic heterocycles. The van der Waals surface area contributed by atoms with Crippen LogP contribution in [0.15, 0.2) is 17.4 Å². The lowest BCUT2D eigenvalue weighted by atomic mass is 10.0. The first-order valence-electron chi connectivity index (χ1n) is 8.70. The Morgan fingerprint density at radius 3 is 3.00 bits per heavy atom. The zero-order valence-electron chi connectivity index (χ0n) is 15.0. The molecule has 7 heteroatoms. The third-order valence-corrected chi connectivity index (χ3v) is 5.09. The number of hydrogen-bond acceptors (Lipinski definition) is 4. The van der Waals surface area contributed by atoms with Crippen LogP contribution in [0.1, 0.15) is 30.9 Å². The third kappa shape index (κ3) is 4.08. The van der Waals surface area contributed by atoms with E-state index in [2.05, 4.69) is 20.3 Å². The summed E-state index contributed by atoms with van der Waals surface area (Å²) < 4.78 is 13.0. The van der Waals surface area contributed by atoms with Crippen molar-refractivity contribution in [3.8, 4) is 0 Å². The molecular weight excluding hydrogens is 306 g/mol. The molecule has 134 valence electrons. The lowest BCUT2D eigenvalue weighted by molar-refractivity contribution is -0.00812. The number of aliphatic imine (C=N–C) groups is 1. The van der Waals surface area contributed by atoms with E-state index in [0.29, 0.717) is 12.0 Å². The van der Waals surface area contributed by atoms with E-state index in [1.807, 2.05) is 31.2 Å². The van der Waals surface area contributed by atoms with Crippen molar-refractivity contribution < 1.29 is 9.47 Å². The Bertz CT molecular complexity index is 567. The smallest absolute Gasteiger partial charge is 0.193 e. The molecule has 1 saturated heterocycles. The van der Waals surface area contributed by atoms with Gasteiger partial charge in [-0.2, -0.15) is 5.10 Å². The van der Waals surface area contributed by atoms with Crippen LogP contribution in [0.25, 0.3) is 0 Å². The molecule has 0 aromatic carbocycles. The molecule has 7 nitrogen and oxygen atoms in total. The highest BCUT2D eigenvalue weighted by Crippen LogP contribution is 2.48. The molecule has 0 bridgehead atoms. The largest absolute Gasteiger partial charge is 0.385 e. The van der Waals surface area contributed by atoms with E-state index < -0.39 is 0 Å². The van der Waals surface area contributed by atoms with E-state index in [0.717, 1.165) is 44.2 Å². The highest BCUT2D eigenvalue weighted by Gasteiger charge is 2.42. The van der Waals surface area contributed by atoms with Gasteiger partial charge in [-0.25, -0.2) is 0 Å². The van der Waals surface area contributed by atoms with Crippen molar-refractivity contribution in [2.75, 3.05) is 47.0 Å². The van der Waals surface area contributed by atoms with Crippen molar-refractivity contribution in [2.45, 2.75) is 25.4 Å². The van der Waals surface area contributed by atoms with Gasteiger partial charge in [-0.15, -0.1) is 0 Å². The van der Waals surface area contributed by atoms with Crippen LogP contribution in [-0.2, 0) is 16.5 Å². The molecule has 1 aliphatic carbocycles. The van der Waals surface area contributed by atoms with Crippen LogP contribution in [-0.4, -0.2) is 67.6 Å². The van der Waals surface area contributed by atoms with Crippen molar-refractivity contribution in [1.82, 2.24) is 20.0 Å². The molecule has 24 heavy (non-hydrogen) atoms. The molecule has 3 rings (SSSR count). The number of aromatic nitrogens is 2. The minimum Gasteiger partial charge on any atom is -0.385 e. The third-order valence-electron chi connectivity index (χ3n) is 5.09. The van der Waals surface area contributed by atoms with Crippen molar-refractivity contribution >= 4 is 5.96 Å². The second-order valence-corrected chi connectivity index (χ2v) is 6.90. The molecule has 2 fully saturated rings. The summed E-state index contributed by atoms with van der Waals surface area (Å²) in [5.74, 6) is 0.968. The summed E-state index contributed by atoms with van der Waals surface area (Å²) in [6.07, 6.45) is 7.63. The fourth-order valence-corrected chi connectivity index (χ4v) is 3.26. The highest BCUT2D eigenvalue weighted by atomic mass is 16.5. The monoisotopic (exact) mass is 335 g/mol. The number of rotatable bonds is 6. The van der Waals surface area contributed by atoms with E-state index in [1.54, 1.807) is 7.11 Å². The Morgan fingerprint density at radius 2 is 2.38 bits per heavy atom. The summed E-state index contributed by atoms with van der Waals surface area (Å²) in [6.45, 7) is 4.17. The molecule has 0 amide bonds. The van der Waals surface area contributed by atoms with Gasteiger partial charge in [0.1, 0.15) is 6.10 Å². The predicted molar refractivity (Wildman–Crippen MR) is 93.0 cm³/mol. The normalized spacial score (nSPS) is 23.4. The number of nitrogens with one attached hydrogen (secondary N) is 1. The maximum atomic E-state index is 5.92. The van der Waals surface area contributed by atoms with Gasteiger partial charge in [0.15, 0.2) is 5.96 Å². The number of ether oxygens (including phenoxy) is 2. The van der Waals surface area contributed by atoms with Gasteiger partial charge >= 0.3 is 0 Å². The van der Waals surface area contributed by atoms with Crippen molar-refractivity contribution in [2.24, 2.45) is 17.5 Å². The molecule has 1 saturated carbocycles. The first kappa shape index (κ1) is 17.2. The van der Waals surface area contributed by atoms with Gasteiger partial charge in [0.25, 0.3) is 0 Å². The summed E-state index contributed by atoms with van der Waals surface area (Å²) >= 11 is 0. The number of morpholine rings is 1. The van der Waals surface area contributed by atoms with Crippen LogP contribution in [0.5, 0.6) is 0 Å². The molecule has 1 N–H and O–H groups in total. The van der Waals surface area contributed by atoms with Crippen LogP contribution in [0.3, 0.4) is 0 Å². The van der Waals surface area contributed by atoms with E-state index in [4.69, 9.17) is 9.47 Å². The molecule has 1 atom stereocenters. The Kier molecular flexibility index (Phi) is 5.40. The van der Waals surface area contributed by atoms with E-state index in [9.17, 15) is 0 Å². The number of aryl methyl sites for hydroxylation is 1. The highest BCUT2D eigenvalue weighted by molar-refractivity contribution is 5.80. The SMILES string of the molecule is CN=C(NCC1(CCOC)CC1)N1CCOC(c2cnn(C)c2)C1. The van der Waals surface area contributed by atoms with Crippen LogP contribution in [0.2, 0.25) is 0 Å². The van der Waals surface area contributed by atoms with Gasteiger partial charge in [-0.3, -0.25) is 9.67 Å².